The summed E-state index contributed by atoms with van der Waals surface area (Å²) in [7, 11) is -1.25. The molecule has 8 heteroatoms. The van der Waals surface area contributed by atoms with Crippen molar-refractivity contribution < 1.29 is 13.2 Å². The highest BCUT2D eigenvalue weighted by molar-refractivity contribution is 14.0. The fourth-order valence-electron chi connectivity index (χ4n) is 2.96. The maximum atomic E-state index is 11.6. The number of nitrogens with one attached hydrogen (secondary N) is 2. The van der Waals surface area contributed by atoms with Crippen LogP contribution in [-0.4, -0.2) is 39.0 Å². The van der Waals surface area contributed by atoms with E-state index >= 15 is 0 Å². The third-order valence-electron chi connectivity index (χ3n) is 4.46. The number of nitrogens with zero attached hydrogens (tertiary/aromatic N) is 1. The molecule has 1 saturated heterocycles. The molecule has 1 aliphatic rings. The molecule has 28 heavy (non-hydrogen) atoms. The first kappa shape index (κ1) is 22.5. The summed E-state index contributed by atoms with van der Waals surface area (Å²) in [5.74, 6) is 2.53. The molecule has 1 atom stereocenters. The lowest BCUT2D eigenvalue weighted by molar-refractivity contribution is 0.475. The van der Waals surface area contributed by atoms with E-state index in [0.717, 1.165) is 17.1 Å². The second-order valence-corrected chi connectivity index (χ2v) is 8.92. The molecule has 0 radical (unpaired) electrons. The number of aryl methyl sites for hydroxylation is 1. The average molecular weight is 515 g/mol. The number of halogens is 1. The quantitative estimate of drug-likeness (QED) is 0.363. The molecule has 1 heterocycles. The lowest BCUT2D eigenvalue weighted by Crippen LogP contribution is -2.43. The maximum Gasteiger partial charge on any atom is 0.191 e. The first-order valence-electron chi connectivity index (χ1n) is 8.95. The molecule has 1 fully saturated rings. The summed E-state index contributed by atoms with van der Waals surface area (Å²) in [5, 5.41) is 6.43. The fraction of sp³-hybridized carbons (Fsp3) is 0.350. The molecule has 0 spiro atoms. The first-order chi connectivity index (χ1) is 12.9. The van der Waals surface area contributed by atoms with Crippen LogP contribution in [0.3, 0.4) is 0 Å². The minimum absolute atomic E-state index is 0. The van der Waals surface area contributed by atoms with Gasteiger partial charge in [-0.25, -0.2) is 8.42 Å². The molecule has 6 nitrogen and oxygen atoms in total. The highest BCUT2D eigenvalue weighted by Gasteiger charge is 2.28. The van der Waals surface area contributed by atoms with Gasteiger partial charge in [-0.1, -0.05) is 35.9 Å². The molecular weight excluding hydrogens is 489 g/mol. The molecule has 1 aliphatic heterocycles. The van der Waals surface area contributed by atoms with E-state index in [1.807, 2.05) is 55.5 Å². The van der Waals surface area contributed by atoms with Gasteiger partial charge < -0.3 is 15.4 Å². The fourth-order valence-corrected chi connectivity index (χ4v) is 4.63. The van der Waals surface area contributed by atoms with Crippen molar-refractivity contribution in [3.05, 3.63) is 59.7 Å². The summed E-state index contributed by atoms with van der Waals surface area (Å²) < 4.78 is 29.2. The van der Waals surface area contributed by atoms with Gasteiger partial charge in [-0.3, -0.25) is 4.99 Å². The second kappa shape index (κ2) is 10.1. The van der Waals surface area contributed by atoms with Gasteiger partial charge in [0.1, 0.15) is 11.5 Å². The van der Waals surface area contributed by atoms with Crippen LogP contribution in [0.2, 0.25) is 0 Å². The minimum atomic E-state index is -2.93. The Labute approximate surface area is 183 Å². The molecule has 0 amide bonds. The summed E-state index contributed by atoms with van der Waals surface area (Å²) in [6, 6.07) is 15.6. The Morgan fingerprint density at radius 1 is 1.18 bits per heavy atom. The van der Waals surface area contributed by atoms with Gasteiger partial charge in [0.15, 0.2) is 15.8 Å². The van der Waals surface area contributed by atoms with Crippen molar-refractivity contribution in [2.24, 2.45) is 4.99 Å². The maximum absolute atomic E-state index is 11.6. The van der Waals surface area contributed by atoms with Crippen LogP contribution in [0.4, 0.5) is 0 Å². The number of hydrogen-bond donors (Lipinski definition) is 2. The standard InChI is InChI=1S/C20H25N3O3S.HI/c1-15-7-9-18(10-8-15)26-19-6-4-3-5-16(19)13-22-20(21-2)23-17-11-12-27(24,25)14-17;/h3-10,17H,11-14H2,1-2H3,(H2,21,22,23);1H. The lowest BCUT2D eigenvalue weighted by Gasteiger charge is -2.17. The third-order valence-corrected chi connectivity index (χ3v) is 6.23. The highest BCUT2D eigenvalue weighted by Crippen LogP contribution is 2.25. The summed E-state index contributed by atoms with van der Waals surface area (Å²) in [5.41, 5.74) is 2.17. The summed E-state index contributed by atoms with van der Waals surface area (Å²) in [6.07, 6.45) is 0.607. The van der Waals surface area contributed by atoms with Gasteiger partial charge in [0, 0.05) is 25.2 Å². The Balaban J connectivity index is 0.00000280. The average Bonchev–Trinajstić information content (AvgIpc) is 3.00. The molecule has 1 unspecified atom stereocenters. The van der Waals surface area contributed by atoms with Crippen molar-refractivity contribution in [3.8, 4) is 11.5 Å². The molecule has 2 aromatic carbocycles. The molecule has 0 saturated carbocycles. The van der Waals surface area contributed by atoms with Gasteiger partial charge in [0.25, 0.3) is 0 Å². The Hall–Kier alpha value is -1.81. The van der Waals surface area contributed by atoms with E-state index in [1.165, 1.54) is 5.56 Å². The number of para-hydroxylation sites is 1. The molecule has 152 valence electrons. The van der Waals surface area contributed by atoms with E-state index < -0.39 is 9.84 Å². The van der Waals surface area contributed by atoms with E-state index in [2.05, 4.69) is 15.6 Å². The number of rotatable bonds is 5. The Morgan fingerprint density at radius 2 is 1.89 bits per heavy atom. The summed E-state index contributed by atoms with van der Waals surface area (Å²) >= 11 is 0. The van der Waals surface area contributed by atoms with Gasteiger partial charge in [-0.2, -0.15) is 0 Å². The number of benzene rings is 2. The summed E-state index contributed by atoms with van der Waals surface area (Å²) in [6.45, 7) is 2.55. The van der Waals surface area contributed by atoms with Crippen LogP contribution < -0.4 is 15.4 Å². The molecule has 2 N–H and O–H groups in total. The number of aliphatic imine (C=N–C) groups is 1. The summed E-state index contributed by atoms with van der Waals surface area (Å²) in [4.78, 5) is 4.20. The van der Waals surface area contributed by atoms with Crippen LogP contribution in [0, 0.1) is 6.92 Å². The lowest BCUT2D eigenvalue weighted by atomic mass is 10.2. The van der Waals surface area contributed by atoms with Crippen molar-refractivity contribution >= 4 is 39.8 Å². The van der Waals surface area contributed by atoms with Crippen LogP contribution >= 0.6 is 24.0 Å². The van der Waals surface area contributed by atoms with Crippen LogP contribution in [-0.2, 0) is 16.4 Å². The second-order valence-electron chi connectivity index (χ2n) is 6.69. The molecular formula is C20H26IN3O3S. The highest BCUT2D eigenvalue weighted by atomic mass is 127. The predicted molar refractivity (Wildman–Crippen MR) is 124 cm³/mol. The van der Waals surface area contributed by atoms with Crippen molar-refractivity contribution in [2.45, 2.75) is 25.9 Å². The molecule has 2 aromatic rings. The van der Waals surface area contributed by atoms with E-state index in [1.54, 1.807) is 7.05 Å². The largest absolute Gasteiger partial charge is 0.457 e. The van der Waals surface area contributed by atoms with E-state index in [9.17, 15) is 8.42 Å². The zero-order valence-electron chi connectivity index (χ0n) is 16.0. The monoisotopic (exact) mass is 515 g/mol. The third kappa shape index (κ3) is 6.37. The van der Waals surface area contributed by atoms with E-state index in [-0.39, 0.29) is 41.5 Å². The van der Waals surface area contributed by atoms with Crippen molar-refractivity contribution in [3.63, 3.8) is 0 Å². The predicted octanol–water partition coefficient (Wildman–Crippen LogP) is 3.26. The van der Waals surface area contributed by atoms with E-state index in [0.29, 0.717) is 18.9 Å². The van der Waals surface area contributed by atoms with Gasteiger partial charge >= 0.3 is 0 Å². The Kier molecular flexibility index (Phi) is 8.11. The van der Waals surface area contributed by atoms with Gasteiger partial charge in [-0.05, 0) is 31.5 Å². The van der Waals surface area contributed by atoms with Crippen molar-refractivity contribution in [1.29, 1.82) is 0 Å². The van der Waals surface area contributed by atoms with Crippen molar-refractivity contribution in [2.75, 3.05) is 18.6 Å². The molecule has 0 aliphatic carbocycles. The van der Waals surface area contributed by atoms with Crippen LogP contribution in [0.5, 0.6) is 11.5 Å². The number of ether oxygens (including phenoxy) is 1. The van der Waals surface area contributed by atoms with Crippen LogP contribution in [0.1, 0.15) is 17.5 Å². The normalized spacial score (nSPS) is 18.2. The zero-order valence-corrected chi connectivity index (χ0v) is 19.2. The topological polar surface area (TPSA) is 79.8 Å². The van der Waals surface area contributed by atoms with E-state index in [4.69, 9.17) is 4.74 Å². The van der Waals surface area contributed by atoms with Crippen LogP contribution in [0.25, 0.3) is 0 Å². The minimum Gasteiger partial charge on any atom is -0.457 e. The number of hydrogen-bond acceptors (Lipinski definition) is 4. The Morgan fingerprint density at radius 3 is 2.54 bits per heavy atom. The molecule has 0 aromatic heterocycles. The van der Waals surface area contributed by atoms with Gasteiger partial charge in [0.05, 0.1) is 11.5 Å². The van der Waals surface area contributed by atoms with Gasteiger partial charge in [-0.15, -0.1) is 24.0 Å². The van der Waals surface area contributed by atoms with Crippen molar-refractivity contribution in [1.82, 2.24) is 10.6 Å². The Bertz CT molecular complexity index is 915. The van der Waals surface area contributed by atoms with Gasteiger partial charge in [0.2, 0.25) is 0 Å². The molecule has 3 rings (SSSR count). The van der Waals surface area contributed by atoms with Crippen LogP contribution in [0.15, 0.2) is 53.5 Å². The zero-order chi connectivity index (χ0) is 19.3. The SMILES string of the molecule is CN=C(NCc1ccccc1Oc1ccc(C)cc1)NC1CCS(=O)(=O)C1.I. The molecule has 0 bridgehead atoms. The first-order valence-corrected chi connectivity index (χ1v) is 10.8. The smallest absolute Gasteiger partial charge is 0.191 e. The number of guanidine groups is 1. The number of sulfone groups is 1.